The van der Waals surface area contributed by atoms with Crippen molar-refractivity contribution in [3.63, 3.8) is 0 Å². The molecule has 0 amide bonds. The Bertz CT molecular complexity index is 639. The van der Waals surface area contributed by atoms with Crippen LogP contribution in [0.5, 0.6) is 0 Å². The average molecular weight is 420 g/mol. The number of carbonyl (C=O) groups is 1. The first-order valence-electron chi connectivity index (χ1n) is 8.86. The topological polar surface area (TPSA) is 101 Å². The second-order valence-corrected chi connectivity index (χ2v) is 9.16. The molecule has 0 spiro atoms. The Hall–Kier alpha value is -0.940. The molecule has 2 bridgehead atoms. The van der Waals surface area contributed by atoms with Gasteiger partial charge in [-0.1, -0.05) is 19.3 Å². The van der Waals surface area contributed by atoms with Crippen molar-refractivity contribution in [2.45, 2.75) is 74.6 Å². The molecule has 2 atom stereocenters. The van der Waals surface area contributed by atoms with Gasteiger partial charge in [0, 0.05) is 6.42 Å². The second-order valence-electron chi connectivity index (χ2n) is 7.70. The van der Waals surface area contributed by atoms with Crippen LogP contribution in [0.15, 0.2) is 0 Å². The van der Waals surface area contributed by atoms with Crippen LogP contribution in [-0.2, 0) is 19.6 Å². The fourth-order valence-corrected chi connectivity index (χ4v) is 4.65. The first-order valence-corrected chi connectivity index (χ1v) is 10.3. The van der Waals surface area contributed by atoms with Gasteiger partial charge in [-0.05, 0) is 37.5 Å². The highest BCUT2D eigenvalue weighted by atomic mass is 32.2. The molecule has 0 aromatic carbocycles. The maximum absolute atomic E-state index is 13.3. The maximum atomic E-state index is 13.3. The lowest BCUT2D eigenvalue weighted by Crippen LogP contribution is -2.47. The zero-order valence-electron chi connectivity index (χ0n) is 14.7. The molecular formula is C16H24F4O6S. The molecule has 0 saturated heterocycles. The number of aliphatic hydroxyl groups is 1. The SMILES string of the molecule is O=C(CCC1(O)CC2CCCC(C2)C1)OCCC(F)(F)C(F)(F)S(=O)(=O)O. The van der Waals surface area contributed by atoms with Crippen LogP contribution in [0.3, 0.4) is 0 Å². The summed E-state index contributed by atoms with van der Waals surface area (Å²) in [6.45, 7) is -1.14. The maximum Gasteiger partial charge on any atom is 0.431 e. The number of fused-ring (bicyclic) bond motifs is 2. The molecular weight excluding hydrogens is 396 g/mol. The third-order valence-corrected chi connectivity index (χ3v) is 6.40. The summed E-state index contributed by atoms with van der Waals surface area (Å²) in [6.07, 6.45) is 3.44. The van der Waals surface area contributed by atoms with Gasteiger partial charge in [0.2, 0.25) is 0 Å². The summed E-state index contributed by atoms with van der Waals surface area (Å²) in [5, 5.41) is 4.98. The molecule has 2 N–H and O–H groups in total. The van der Waals surface area contributed by atoms with Crippen molar-refractivity contribution in [1.29, 1.82) is 0 Å². The first kappa shape index (κ1) is 22.4. The summed E-state index contributed by atoms with van der Waals surface area (Å²) in [5.41, 5.74) is -1.02. The molecule has 27 heavy (non-hydrogen) atoms. The van der Waals surface area contributed by atoms with Gasteiger partial charge in [0.05, 0.1) is 18.6 Å². The smallest absolute Gasteiger partial charge is 0.431 e. The number of halogens is 4. The number of alkyl halides is 4. The third-order valence-electron chi connectivity index (χ3n) is 5.45. The van der Waals surface area contributed by atoms with Gasteiger partial charge in [0.1, 0.15) is 0 Å². The summed E-state index contributed by atoms with van der Waals surface area (Å²) in [7, 11) is -6.31. The predicted molar refractivity (Wildman–Crippen MR) is 85.9 cm³/mol. The van der Waals surface area contributed by atoms with Crippen molar-refractivity contribution >= 4 is 16.1 Å². The molecule has 11 heteroatoms. The van der Waals surface area contributed by atoms with Gasteiger partial charge in [-0.15, -0.1) is 0 Å². The normalized spacial score (nSPS) is 29.4. The minimum atomic E-state index is -6.31. The summed E-state index contributed by atoms with van der Waals surface area (Å²) < 4.78 is 86.1. The van der Waals surface area contributed by atoms with Crippen LogP contribution < -0.4 is 0 Å². The van der Waals surface area contributed by atoms with Crippen molar-refractivity contribution < 1.29 is 45.2 Å². The molecule has 2 aliphatic rings. The van der Waals surface area contributed by atoms with E-state index in [4.69, 9.17) is 4.55 Å². The van der Waals surface area contributed by atoms with Crippen LogP contribution in [0.1, 0.15) is 57.8 Å². The van der Waals surface area contributed by atoms with E-state index in [1.54, 1.807) is 0 Å². The van der Waals surface area contributed by atoms with E-state index in [-0.39, 0.29) is 12.8 Å². The number of hydrogen-bond acceptors (Lipinski definition) is 5. The van der Waals surface area contributed by atoms with E-state index in [2.05, 4.69) is 4.74 Å². The van der Waals surface area contributed by atoms with Gasteiger partial charge in [-0.25, -0.2) is 0 Å². The van der Waals surface area contributed by atoms with E-state index in [0.717, 1.165) is 25.7 Å². The van der Waals surface area contributed by atoms with Crippen LogP contribution in [0.4, 0.5) is 17.6 Å². The van der Waals surface area contributed by atoms with Crippen LogP contribution in [0.25, 0.3) is 0 Å². The second kappa shape index (κ2) is 7.82. The zero-order chi connectivity index (χ0) is 20.5. The Morgan fingerprint density at radius 1 is 1.15 bits per heavy atom. The van der Waals surface area contributed by atoms with Crippen LogP contribution in [-0.4, -0.2) is 47.4 Å². The Morgan fingerprint density at radius 3 is 2.22 bits per heavy atom. The van der Waals surface area contributed by atoms with Crippen LogP contribution in [0, 0.1) is 11.8 Å². The summed E-state index contributed by atoms with van der Waals surface area (Å²) in [5.74, 6) is -5.23. The molecule has 0 heterocycles. The van der Waals surface area contributed by atoms with Crippen molar-refractivity contribution in [2.75, 3.05) is 6.61 Å². The predicted octanol–water partition coefficient (Wildman–Crippen LogP) is 3.15. The standard InChI is InChI=1S/C16H24F4O6S/c17-15(18,16(19,20)27(23,24)25)6-7-26-13(21)4-5-14(22)9-11-2-1-3-12(8-11)10-14/h11-12,22H,1-10H2,(H,23,24,25). The van der Waals surface area contributed by atoms with Crippen molar-refractivity contribution in [1.82, 2.24) is 0 Å². The van der Waals surface area contributed by atoms with E-state index >= 15 is 0 Å². The fraction of sp³-hybridized carbons (Fsp3) is 0.938. The number of rotatable bonds is 8. The van der Waals surface area contributed by atoms with E-state index in [9.17, 15) is 35.9 Å². The molecule has 2 aliphatic carbocycles. The minimum absolute atomic E-state index is 0.0937. The Morgan fingerprint density at radius 2 is 1.70 bits per heavy atom. The van der Waals surface area contributed by atoms with Crippen molar-refractivity contribution in [2.24, 2.45) is 11.8 Å². The lowest BCUT2D eigenvalue weighted by molar-refractivity contribution is -0.175. The molecule has 2 unspecified atom stereocenters. The highest BCUT2D eigenvalue weighted by molar-refractivity contribution is 7.87. The molecule has 2 fully saturated rings. The third kappa shape index (κ3) is 5.32. The molecule has 0 aromatic rings. The lowest BCUT2D eigenvalue weighted by atomic mass is 9.65. The molecule has 2 saturated carbocycles. The Kier molecular flexibility index (Phi) is 6.48. The minimum Gasteiger partial charge on any atom is -0.465 e. The Balaban J connectivity index is 1.78. The molecule has 6 nitrogen and oxygen atoms in total. The van der Waals surface area contributed by atoms with Crippen molar-refractivity contribution in [3.8, 4) is 0 Å². The lowest BCUT2D eigenvalue weighted by Gasteiger charge is -2.44. The van der Waals surface area contributed by atoms with E-state index in [0.29, 0.717) is 24.7 Å². The van der Waals surface area contributed by atoms with E-state index in [1.165, 1.54) is 0 Å². The summed E-state index contributed by atoms with van der Waals surface area (Å²) in [4.78, 5) is 11.7. The van der Waals surface area contributed by atoms with Gasteiger partial charge >= 0.3 is 27.3 Å². The zero-order valence-corrected chi connectivity index (χ0v) is 15.5. The van der Waals surface area contributed by atoms with Gasteiger partial charge in [0.25, 0.3) is 0 Å². The number of carbonyl (C=O) groups excluding carboxylic acids is 1. The van der Waals surface area contributed by atoms with E-state index < -0.39 is 45.9 Å². The fourth-order valence-electron chi connectivity index (χ4n) is 4.17. The molecule has 2 rings (SSSR count). The summed E-state index contributed by atoms with van der Waals surface area (Å²) in [6, 6.07) is 0. The quantitative estimate of drug-likeness (QED) is 0.355. The van der Waals surface area contributed by atoms with E-state index in [1.807, 2.05) is 0 Å². The first-order chi connectivity index (χ1) is 12.3. The largest absolute Gasteiger partial charge is 0.465 e. The van der Waals surface area contributed by atoms with Gasteiger partial charge in [0.15, 0.2) is 0 Å². The van der Waals surface area contributed by atoms with Crippen LogP contribution >= 0.6 is 0 Å². The molecule has 158 valence electrons. The van der Waals surface area contributed by atoms with Gasteiger partial charge in [-0.2, -0.15) is 26.0 Å². The average Bonchev–Trinajstić information content (AvgIpc) is 2.51. The molecule has 0 radical (unpaired) electrons. The summed E-state index contributed by atoms with van der Waals surface area (Å²) >= 11 is 0. The van der Waals surface area contributed by atoms with Crippen molar-refractivity contribution in [3.05, 3.63) is 0 Å². The van der Waals surface area contributed by atoms with Crippen LogP contribution in [0.2, 0.25) is 0 Å². The highest BCUT2D eigenvalue weighted by Crippen LogP contribution is 2.46. The highest BCUT2D eigenvalue weighted by Gasteiger charge is 2.65. The Labute approximate surface area is 155 Å². The van der Waals surface area contributed by atoms with Gasteiger partial charge < -0.3 is 9.84 Å². The number of ether oxygens (including phenoxy) is 1. The number of esters is 1. The van der Waals surface area contributed by atoms with Gasteiger partial charge in [-0.3, -0.25) is 9.35 Å². The molecule has 0 aliphatic heterocycles. The monoisotopic (exact) mass is 420 g/mol. The number of hydrogen-bond donors (Lipinski definition) is 2. The molecule has 0 aromatic heterocycles.